The van der Waals surface area contributed by atoms with Crippen molar-refractivity contribution in [2.75, 3.05) is 46.9 Å². The Labute approximate surface area is 135 Å². The quantitative estimate of drug-likeness (QED) is 0.367. The summed E-state index contributed by atoms with van der Waals surface area (Å²) in [4.78, 5) is 6.76. The summed E-state index contributed by atoms with van der Waals surface area (Å²) in [6.45, 7) is 4.76. The minimum atomic E-state index is 0.792. The number of aliphatic imine (C=N–C) groups is 1. The lowest BCUT2D eigenvalue weighted by Crippen LogP contribution is -2.42. The molecule has 5 heteroatoms. The average molecular weight is 310 g/mol. The summed E-state index contributed by atoms with van der Waals surface area (Å²) >= 11 is 0. The molecule has 0 aromatic carbocycles. The van der Waals surface area contributed by atoms with Gasteiger partial charge in [0, 0.05) is 45.9 Å². The average Bonchev–Trinajstić information content (AvgIpc) is 3.18. The number of hydrogen-bond donors (Lipinski definition) is 2. The zero-order valence-electron chi connectivity index (χ0n) is 14.4. The number of hydrogen-bond acceptors (Lipinski definition) is 3. The predicted molar refractivity (Wildman–Crippen MR) is 92.4 cm³/mol. The molecule has 22 heavy (non-hydrogen) atoms. The SMILES string of the molecule is CN=C(NCCCOCC1CC1)NCCN(C)C1CCCC1. The summed E-state index contributed by atoms with van der Waals surface area (Å²) in [6, 6.07) is 0.792. The fourth-order valence-electron chi connectivity index (χ4n) is 3.01. The topological polar surface area (TPSA) is 48.9 Å². The minimum absolute atomic E-state index is 0.792. The lowest BCUT2D eigenvalue weighted by molar-refractivity contribution is 0.123. The monoisotopic (exact) mass is 310 g/mol. The molecule has 2 N–H and O–H groups in total. The molecule has 2 aliphatic rings. The van der Waals surface area contributed by atoms with E-state index >= 15 is 0 Å². The molecule has 0 saturated heterocycles. The van der Waals surface area contributed by atoms with Gasteiger partial charge < -0.3 is 20.3 Å². The molecule has 0 heterocycles. The second-order valence-electron chi connectivity index (χ2n) is 6.72. The summed E-state index contributed by atoms with van der Waals surface area (Å²) in [7, 11) is 4.07. The molecule has 0 atom stereocenters. The van der Waals surface area contributed by atoms with Crippen LogP contribution < -0.4 is 10.6 Å². The zero-order valence-corrected chi connectivity index (χ0v) is 14.4. The van der Waals surface area contributed by atoms with Crippen molar-refractivity contribution in [3.8, 4) is 0 Å². The number of rotatable bonds is 10. The first kappa shape index (κ1) is 17.5. The Hall–Kier alpha value is -0.810. The molecule has 0 unspecified atom stereocenters. The third-order valence-corrected chi connectivity index (χ3v) is 4.74. The Bertz CT molecular complexity index is 325. The number of nitrogens with zero attached hydrogens (tertiary/aromatic N) is 2. The van der Waals surface area contributed by atoms with E-state index in [0.717, 1.165) is 57.2 Å². The Morgan fingerprint density at radius 3 is 2.55 bits per heavy atom. The van der Waals surface area contributed by atoms with E-state index in [1.54, 1.807) is 0 Å². The standard InChI is InChI=1S/C17H34N4O/c1-18-17(19-10-5-13-22-14-15-8-9-15)20-11-12-21(2)16-6-3-4-7-16/h15-16H,3-14H2,1-2H3,(H2,18,19,20). The molecule has 2 fully saturated rings. The summed E-state index contributed by atoms with van der Waals surface area (Å²) in [5.74, 6) is 1.77. The lowest BCUT2D eigenvalue weighted by atomic mass is 10.2. The highest BCUT2D eigenvalue weighted by molar-refractivity contribution is 5.79. The maximum atomic E-state index is 5.64. The van der Waals surface area contributed by atoms with Gasteiger partial charge in [-0.25, -0.2) is 0 Å². The fraction of sp³-hybridized carbons (Fsp3) is 0.941. The normalized spacial score (nSPS) is 19.9. The largest absolute Gasteiger partial charge is 0.381 e. The van der Waals surface area contributed by atoms with Crippen LogP contribution in [0.4, 0.5) is 0 Å². The van der Waals surface area contributed by atoms with Gasteiger partial charge in [-0.05, 0) is 45.1 Å². The van der Waals surface area contributed by atoms with Gasteiger partial charge in [-0.1, -0.05) is 12.8 Å². The van der Waals surface area contributed by atoms with E-state index in [4.69, 9.17) is 4.74 Å². The maximum Gasteiger partial charge on any atom is 0.191 e. The molecule has 128 valence electrons. The van der Waals surface area contributed by atoms with Crippen LogP contribution in [0, 0.1) is 5.92 Å². The number of nitrogens with one attached hydrogen (secondary N) is 2. The number of likely N-dealkylation sites (N-methyl/N-ethyl adjacent to an activating group) is 1. The molecule has 0 aliphatic heterocycles. The first-order valence-corrected chi connectivity index (χ1v) is 9.02. The van der Waals surface area contributed by atoms with Crippen LogP contribution in [0.25, 0.3) is 0 Å². The number of ether oxygens (including phenoxy) is 1. The van der Waals surface area contributed by atoms with Crippen LogP contribution >= 0.6 is 0 Å². The third kappa shape index (κ3) is 6.97. The van der Waals surface area contributed by atoms with Crippen molar-refractivity contribution < 1.29 is 4.74 Å². The van der Waals surface area contributed by atoms with Gasteiger partial charge in [0.05, 0.1) is 0 Å². The molecule has 2 rings (SSSR count). The van der Waals surface area contributed by atoms with E-state index in [1.165, 1.54) is 38.5 Å². The summed E-state index contributed by atoms with van der Waals surface area (Å²) in [6.07, 6.45) is 9.29. The van der Waals surface area contributed by atoms with E-state index in [9.17, 15) is 0 Å². The third-order valence-electron chi connectivity index (χ3n) is 4.74. The van der Waals surface area contributed by atoms with E-state index in [0.29, 0.717) is 0 Å². The molecule has 0 bridgehead atoms. The molecular formula is C17H34N4O. The molecule has 5 nitrogen and oxygen atoms in total. The van der Waals surface area contributed by atoms with E-state index in [2.05, 4.69) is 27.6 Å². The Morgan fingerprint density at radius 1 is 1.14 bits per heavy atom. The van der Waals surface area contributed by atoms with Crippen LogP contribution in [0.1, 0.15) is 44.9 Å². The highest BCUT2D eigenvalue weighted by Crippen LogP contribution is 2.28. The van der Waals surface area contributed by atoms with Crippen molar-refractivity contribution in [1.82, 2.24) is 15.5 Å². The molecule has 2 saturated carbocycles. The highest BCUT2D eigenvalue weighted by Gasteiger charge is 2.21. The Morgan fingerprint density at radius 2 is 1.86 bits per heavy atom. The molecule has 0 aromatic heterocycles. The second kappa shape index (κ2) is 10.1. The van der Waals surface area contributed by atoms with Crippen molar-refractivity contribution >= 4 is 5.96 Å². The van der Waals surface area contributed by atoms with Gasteiger partial charge in [-0.3, -0.25) is 4.99 Å². The Kier molecular flexibility index (Phi) is 8.02. The predicted octanol–water partition coefficient (Wildman–Crippen LogP) is 1.84. The molecule has 2 aliphatic carbocycles. The van der Waals surface area contributed by atoms with Crippen molar-refractivity contribution in [1.29, 1.82) is 0 Å². The first-order valence-electron chi connectivity index (χ1n) is 9.02. The summed E-state index contributed by atoms with van der Waals surface area (Å²) in [5, 5.41) is 6.76. The van der Waals surface area contributed by atoms with Gasteiger partial charge in [0.15, 0.2) is 5.96 Å². The van der Waals surface area contributed by atoms with Gasteiger partial charge in [0.25, 0.3) is 0 Å². The molecule has 0 amide bonds. The minimum Gasteiger partial charge on any atom is -0.381 e. The molecule has 0 radical (unpaired) electrons. The van der Waals surface area contributed by atoms with Gasteiger partial charge in [0.2, 0.25) is 0 Å². The first-order chi connectivity index (χ1) is 10.8. The lowest BCUT2D eigenvalue weighted by Gasteiger charge is -2.24. The van der Waals surface area contributed by atoms with Crippen LogP contribution in [0.5, 0.6) is 0 Å². The van der Waals surface area contributed by atoms with E-state index in [1.807, 2.05) is 7.05 Å². The van der Waals surface area contributed by atoms with Crippen LogP contribution in [-0.4, -0.2) is 63.8 Å². The highest BCUT2D eigenvalue weighted by atomic mass is 16.5. The van der Waals surface area contributed by atoms with E-state index < -0.39 is 0 Å². The molecule has 0 aromatic rings. The fourth-order valence-corrected chi connectivity index (χ4v) is 3.01. The van der Waals surface area contributed by atoms with Crippen LogP contribution in [0.2, 0.25) is 0 Å². The van der Waals surface area contributed by atoms with Gasteiger partial charge in [-0.2, -0.15) is 0 Å². The van der Waals surface area contributed by atoms with Gasteiger partial charge >= 0.3 is 0 Å². The summed E-state index contributed by atoms with van der Waals surface area (Å²) in [5.41, 5.74) is 0. The summed E-state index contributed by atoms with van der Waals surface area (Å²) < 4.78 is 5.64. The van der Waals surface area contributed by atoms with Crippen LogP contribution in [0.15, 0.2) is 4.99 Å². The Balaban J connectivity index is 1.45. The second-order valence-corrected chi connectivity index (χ2v) is 6.72. The van der Waals surface area contributed by atoms with Gasteiger partial charge in [0.1, 0.15) is 0 Å². The van der Waals surface area contributed by atoms with Gasteiger partial charge in [-0.15, -0.1) is 0 Å². The van der Waals surface area contributed by atoms with Crippen LogP contribution in [0.3, 0.4) is 0 Å². The molecular weight excluding hydrogens is 276 g/mol. The van der Waals surface area contributed by atoms with Crippen molar-refractivity contribution in [2.24, 2.45) is 10.9 Å². The zero-order chi connectivity index (χ0) is 15.6. The molecule has 0 spiro atoms. The van der Waals surface area contributed by atoms with Crippen molar-refractivity contribution in [3.63, 3.8) is 0 Å². The number of guanidine groups is 1. The van der Waals surface area contributed by atoms with Crippen molar-refractivity contribution in [3.05, 3.63) is 0 Å². The van der Waals surface area contributed by atoms with Crippen molar-refractivity contribution in [2.45, 2.75) is 51.0 Å². The smallest absolute Gasteiger partial charge is 0.191 e. The van der Waals surface area contributed by atoms with Crippen LogP contribution in [-0.2, 0) is 4.74 Å². The maximum absolute atomic E-state index is 5.64. The van der Waals surface area contributed by atoms with E-state index in [-0.39, 0.29) is 0 Å².